The summed E-state index contributed by atoms with van der Waals surface area (Å²) >= 11 is 3.25. The van der Waals surface area contributed by atoms with E-state index >= 15 is 0 Å². The molecular weight excluding hydrogens is 246 g/mol. The van der Waals surface area contributed by atoms with Crippen LogP contribution in [0.5, 0.6) is 5.75 Å². The van der Waals surface area contributed by atoms with Crippen molar-refractivity contribution in [3.63, 3.8) is 0 Å². The first-order valence-electron chi connectivity index (χ1n) is 3.92. The summed E-state index contributed by atoms with van der Waals surface area (Å²) in [5, 5.41) is 8.38. The van der Waals surface area contributed by atoms with E-state index in [-0.39, 0.29) is 12.2 Å². The topological polar surface area (TPSA) is 50.1 Å². The Labute approximate surface area is 90.4 Å². The van der Waals surface area contributed by atoms with Gasteiger partial charge in [-0.3, -0.25) is 4.79 Å². The number of carbonyl (C=O) groups excluding carboxylic acids is 1. The molecule has 0 N–H and O–H groups in total. The molecule has 14 heavy (non-hydrogen) atoms. The molecule has 0 heterocycles. The number of rotatable bonds is 3. The predicted octanol–water partition coefficient (Wildman–Crippen LogP) is 2.55. The first-order chi connectivity index (χ1) is 6.69. The third-order valence-electron chi connectivity index (χ3n) is 1.72. The molecule has 0 saturated carbocycles. The summed E-state index contributed by atoms with van der Waals surface area (Å²) in [6.45, 7) is 0. The highest BCUT2D eigenvalue weighted by atomic mass is 79.9. The Morgan fingerprint density at radius 3 is 2.86 bits per heavy atom. The van der Waals surface area contributed by atoms with Crippen LogP contribution in [0.25, 0.3) is 0 Å². The van der Waals surface area contributed by atoms with E-state index < -0.39 is 0 Å². The number of halogens is 1. The second-order valence-corrected chi connectivity index (χ2v) is 3.46. The highest BCUT2D eigenvalue weighted by molar-refractivity contribution is 9.10. The summed E-state index contributed by atoms with van der Waals surface area (Å²) in [4.78, 5) is 11.4. The molecule has 0 amide bonds. The maximum Gasteiger partial charge on any atom is 0.178 e. The zero-order chi connectivity index (χ0) is 10.6. The van der Waals surface area contributed by atoms with Crippen molar-refractivity contribution in [2.45, 2.75) is 6.42 Å². The maximum absolute atomic E-state index is 11.4. The monoisotopic (exact) mass is 253 g/mol. The molecule has 1 rings (SSSR count). The number of hydrogen-bond donors (Lipinski definition) is 0. The van der Waals surface area contributed by atoms with Gasteiger partial charge in [0, 0.05) is 10.0 Å². The average Bonchev–Trinajstić information content (AvgIpc) is 2.17. The van der Waals surface area contributed by atoms with Crippen molar-refractivity contribution in [2.24, 2.45) is 0 Å². The Morgan fingerprint density at radius 1 is 1.64 bits per heavy atom. The van der Waals surface area contributed by atoms with E-state index in [1.54, 1.807) is 25.3 Å². The second-order valence-electron chi connectivity index (χ2n) is 2.60. The number of ketones is 1. The summed E-state index contributed by atoms with van der Waals surface area (Å²) in [7, 11) is 1.55. The van der Waals surface area contributed by atoms with Gasteiger partial charge in [-0.05, 0) is 34.1 Å². The zero-order valence-corrected chi connectivity index (χ0v) is 9.17. The molecule has 0 atom stereocenters. The molecule has 72 valence electrons. The number of Topliss-reactive ketones (excluding diaryl/α,β-unsaturated/α-hetero) is 1. The van der Waals surface area contributed by atoms with Crippen molar-refractivity contribution in [1.29, 1.82) is 5.26 Å². The van der Waals surface area contributed by atoms with Crippen LogP contribution in [0, 0.1) is 11.3 Å². The van der Waals surface area contributed by atoms with E-state index in [1.807, 2.05) is 6.07 Å². The Balaban J connectivity index is 3.01. The van der Waals surface area contributed by atoms with Gasteiger partial charge >= 0.3 is 0 Å². The number of carbonyl (C=O) groups is 1. The number of nitriles is 1. The van der Waals surface area contributed by atoms with E-state index in [1.165, 1.54) is 0 Å². The highest BCUT2D eigenvalue weighted by Crippen LogP contribution is 2.23. The van der Waals surface area contributed by atoms with Gasteiger partial charge in [-0.2, -0.15) is 5.26 Å². The molecule has 1 aromatic carbocycles. The lowest BCUT2D eigenvalue weighted by Gasteiger charge is -2.03. The fourth-order valence-electron chi connectivity index (χ4n) is 1.02. The predicted molar refractivity (Wildman–Crippen MR) is 55.3 cm³/mol. The largest absolute Gasteiger partial charge is 0.497 e. The minimum absolute atomic E-state index is 0.106. The molecule has 0 aliphatic carbocycles. The Bertz CT molecular complexity index is 396. The van der Waals surface area contributed by atoms with Gasteiger partial charge in [-0.1, -0.05) is 0 Å². The molecule has 0 saturated heterocycles. The number of nitrogens with zero attached hydrogens (tertiary/aromatic N) is 1. The number of ether oxygens (including phenoxy) is 1. The lowest BCUT2D eigenvalue weighted by atomic mass is 10.1. The van der Waals surface area contributed by atoms with E-state index in [0.717, 1.165) is 0 Å². The minimum atomic E-state index is -0.193. The van der Waals surface area contributed by atoms with Crippen LogP contribution in [0.3, 0.4) is 0 Å². The Hall–Kier alpha value is -1.34. The van der Waals surface area contributed by atoms with Gasteiger partial charge in [0.1, 0.15) is 5.75 Å². The van der Waals surface area contributed by atoms with Crippen LogP contribution in [-0.4, -0.2) is 12.9 Å². The molecule has 4 heteroatoms. The van der Waals surface area contributed by atoms with Gasteiger partial charge in [0.25, 0.3) is 0 Å². The minimum Gasteiger partial charge on any atom is -0.497 e. The SMILES string of the molecule is COc1ccc(C(=O)CC#N)c(Br)c1. The lowest BCUT2D eigenvalue weighted by Crippen LogP contribution is -1.98. The van der Waals surface area contributed by atoms with Crippen LogP contribution in [0.15, 0.2) is 22.7 Å². The zero-order valence-electron chi connectivity index (χ0n) is 7.58. The summed E-state index contributed by atoms with van der Waals surface area (Å²) < 4.78 is 5.63. The third kappa shape index (κ3) is 2.33. The first kappa shape index (κ1) is 10.7. The molecular formula is C10H8BrNO2. The van der Waals surface area contributed by atoms with Gasteiger partial charge in [0.05, 0.1) is 19.6 Å². The van der Waals surface area contributed by atoms with Crippen LogP contribution in [0.1, 0.15) is 16.8 Å². The van der Waals surface area contributed by atoms with Crippen molar-refractivity contribution in [3.05, 3.63) is 28.2 Å². The normalized spacial score (nSPS) is 9.21. The number of hydrogen-bond acceptors (Lipinski definition) is 3. The van der Waals surface area contributed by atoms with Crippen LogP contribution >= 0.6 is 15.9 Å². The number of methoxy groups -OCH3 is 1. The summed E-state index contributed by atoms with van der Waals surface area (Å²) in [6, 6.07) is 6.85. The molecule has 0 spiro atoms. The van der Waals surface area contributed by atoms with Crippen molar-refractivity contribution in [1.82, 2.24) is 0 Å². The van der Waals surface area contributed by atoms with Crippen molar-refractivity contribution < 1.29 is 9.53 Å². The van der Waals surface area contributed by atoms with E-state index in [4.69, 9.17) is 10.00 Å². The fraction of sp³-hybridized carbons (Fsp3) is 0.200. The number of benzene rings is 1. The molecule has 3 nitrogen and oxygen atoms in total. The Kier molecular flexibility index (Phi) is 3.66. The van der Waals surface area contributed by atoms with E-state index in [0.29, 0.717) is 15.8 Å². The molecule has 0 unspecified atom stereocenters. The van der Waals surface area contributed by atoms with Crippen LogP contribution < -0.4 is 4.74 Å². The van der Waals surface area contributed by atoms with Crippen molar-refractivity contribution in [2.75, 3.05) is 7.11 Å². The third-order valence-corrected chi connectivity index (χ3v) is 2.37. The molecule has 0 aromatic heterocycles. The maximum atomic E-state index is 11.4. The van der Waals surface area contributed by atoms with Crippen LogP contribution in [0.2, 0.25) is 0 Å². The summed E-state index contributed by atoms with van der Waals surface area (Å²) in [6.07, 6.45) is -0.106. The first-order valence-corrected chi connectivity index (χ1v) is 4.72. The van der Waals surface area contributed by atoms with Gasteiger partial charge in [0.15, 0.2) is 5.78 Å². The van der Waals surface area contributed by atoms with Gasteiger partial charge in [-0.25, -0.2) is 0 Å². The Morgan fingerprint density at radius 2 is 2.36 bits per heavy atom. The summed E-state index contributed by atoms with van der Waals surface area (Å²) in [5.41, 5.74) is 0.507. The van der Waals surface area contributed by atoms with Crippen LogP contribution in [0.4, 0.5) is 0 Å². The summed E-state index contributed by atoms with van der Waals surface area (Å²) in [5.74, 6) is 0.479. The lowest BCUT2D eigenvalue weighted by molar-refractivity contribution is 0.0997. The molecule has 0 fully saturated rings. The standard InChI is InChI=1S/C10H8BrNO2/c1-14-7-2-3-8(9(11)6-7)10(13)4-5-12/h2-3,6H,4H2,1H3. The fourth-order valence-corrected chi connectivity index (χ4v) is 1.59. The van der Waals surface area contributed by atoms with Gasteiger partial charge in [-0.15, -0.1) is 0 Å². The van der Waals surface area contributed by atoms with Crippen LogP contribution in [-0.2, 0) is 0 Å². The van der Waals surface area contributed by atoms with Crippen molar-refractivity contribution in [3.8, 4) is 11.8 Å². The van der Waals surface area contributed by atoms with E-state index in [9.17, 15) is 4.79 Å². The molecule has 0 radical (unpaired) electrons. The second kappa shape index (κ2) is 4.77. The molecule has 1 aromatic rings. The molecule has 0 aliphatic rings. The van der Waals surface area contributed by atoms with E-state index in [2.05, 4.69) is 15.9 Å². The highest BCUT2D eigenvalue weighted by Gasteiger charge is 2.09. The average molecular weight is 254 g/mol. The molecule has 0 aliphatic heterocycles. The van der Waals surface area contributed by atoms with Gasteiger partial charge in [0.2, 0.25) is 0 Å². The molecule has 0 bridgehead atoms. The van der Waals surface area contributed by atoms with Gasteiger partial charge < -0.3 is 4.74 Å². The smallest absolute Gasteiger partial charge is 0.178 e. The van der Waals surface area contributed by atoms with Crippen molar-refractivity contribution >= 4 is 21.7 Å². The quantitative estimate of drug-likeness (QED) is 0.779.